The van der Waals surface area contributed by atoms with Gasteiger partial charge in [0, 0.05) is 34.5 Å². The molecule has 0 aliphatic heterocycles. The van der Waals surface area contributed by atoms with Crippen LogP contribution in [-0.2, 0) is 13.0 Å². The maximum absolute atomic E-state index is 12.8. The van der Waals surface area contributed by atoms with Crippen LogP contribution in [0.1, 0.15) is 58.7 Å². The van der Waals surface area contributed by atoms with Crippen LogP contribution in [0.3, 0.4) is 0 Å². The molecule has 0 spiro atoms. The number of Topliss-reactive ketones (excluding diaryl/α,β-unsaturated/α-hetero) is 1. The largest absolute Gasteiger partial charge is 0.366 e. The fourth-order valence-electron chi connectivity index (χ4n) is 3.52. The number of primary amides is 1. The minimum Gasteiger partial charge on any atom is -0.366 e. The van der Waals surface area contributed by atoms with Gasteiger partial charge in [0.15, 0.2) is 5.78 Å². The Labute approximate surface area is 163 Å². The smallest absolute Gasteiger partial charge is 0.248 e. The second-order valence-electron chi connectivity index (χ2n) is 6.63. The van der Waals surface area contributed by atoms with Gasteiger partial charge in [0.25, 0.3) is 0 Å². The summed E-state index contributed by atoms with van der Waals surface area (Å²) < 4.78 is 1.99. The van der Waals surface area contributed by atoms with E-state index < -0.39 is 5.91 Å². The van der Waals surface area contributed by atoms with Crippen LogP contribution in [0.5, 0.6) is 0 Å². The SMILES string of the molecule is CCCc1c(C(=O)CC)n(Cc2ccccc2Cl)c2cc(C(N)=O)ccc12. The van der Waals surface area contributed by atoms with Crippen molar-refractivity contribution < 1.29 is 9.59 Å². The summed E-state index contributed by atoms with van der Waals surface area (Å²) in [7, 11) is 0. The zero-order valence-electron chi connectivity index (χ0n) is 15.6. The maximum Gasteiger partial charge on any atom is 0.248 e. The Bertz CT molecular complexity index is 1020. The normalized spacial score (nSPS) is 11.1. The zero-order valence-corrected chi connectivity index (χ0v) is 16.3. The number of nitrogens with two attached hydrogens (primary N) is 1. The molecule has 140 valence electrons. The lowest BCUT2D eigenvalue weighted by Crippen LogP contribution is -2.13. The zero-order chi connectivity index (χ0) is 19.6. The van der Waals surface area contributed by atoms with E-state index in [1.807, 2.05) is 41.8 Å². The quantitative estimate of drug-likeness (QED) is 0.585. The molecule has 0 unspecified atom stereocenters. The van der Waals surface area contributed by atoms with E-state index in [0.717, 1.165) is 34.9 Å². The molecule has 1 heterocycles. The number of aryl methyl sites for hydroxylation is 1. The van der Waals surface area contributed by atoms with Crippen LogP contribution in [-0.4, -0.2) is 16.3 Å². The van der Waals surface area contributed by atoms with Crippen LogP contribution >= 0.6 is 11.6 Å². The minimum absolute atomic E-state index is 0.0855. The molecule has 0 aliphatic carbocycles. The average Bonchev–Trinajstić information content (AvgIpc) is 2.96. The number of carbonyl (C=O) groups excluding carboxylic acids is 2. The highest BCUT2D eigenvalue weighted by atomic mass is 35.5. The predicted octanol–water partition coefficient (Wildman–Crippen LogP) is 4.99. The molecule has 2 N–H and O–H groups in total. The first-order valence-corrected chi connectivity index (χ1v) is 9.57. The monoisotopic (exact) mass is 382 g/mol. The van der Waals surface area contributed by atoms with Gasteiger partial charge < -0.3 is 10.3 Å². The Morgan fingerprint density at radius 2 is 1.85 bits per heavy atom. The van der Waals surface area contributed by atoms with E-state index >= 15 is 0 Å². The molecule has 1 aromatic heterocycles. The van der Waals surface area contributed by atoms with Crippen LogP contribution in [0, 0.1) is 0 Å². The summed E-state index contributed by atoms with van der Waals surface area (Å²) in [6.07, 6.45) is 2.13. The first-order chi connectivity index (χ1) is 13.0. The lowest BCUT2D eigenvalue weighted by Gasteiger charge is -2.12. The molecule has 3 rings (SSSR count). The van der Waals surface area contributed by atoms with Crippen LogP contribution in [0.15, 0.2) is 42.5 Å². The van der Waals surface area contributed by atoms with Crippen molar-refractivity contribution in [2.24, 2.45) is 5.73 Å². The molecule has 2 aromatic carbocycles. The third kappa shape index (κ3) is 3.62. The van der Waals surface area contributed by atoms with E-state index in [1.165, 1.54) is 0 Å². The van der Waals surface area contributed by atoms with Crippen LogP contribution in [0.25, 0.3) is 10.9 Å². The van der Waals surface area contributed by atoms with Crippen molar-refractivity contribution in [3.8, 4) is 0 Å². The van der Waals surface area contributed by atoms with Gasteiger partial charge in [-0.15, -0.1) is 0 Å². The number of fused-ring (bicyclic) bond motifs is 1. The molecule has 0 fully saturated rings. The van der Waals surface area contributed by atoms with Gasteiger partial charge in [-0.05, 0) is 35.7 Å². The third-order valence-corrected chi connectivity index (χ3v) is 5.19. The van der Waals surface area contributed by atoms with E-state index in [2.05, 4.69) is 6.92 Å². The Hall–Kier alpha value is -2.59. The standard InChI is InChI=1S/C22H23ClN2O2/c1-3-7-17-16-11-10-14(22(24)27)12-19(16)25(21(17)20(26)4-2)13-15-8-5-6-9-18(15)23/h5-6,8-12H,3-4,7,13H2,1-2H3,(H2,24,27). The fourth-order valence-corrected chi connectivity index (χ4v) is 3.72. The summed E-state index contributed by atoms with van der Waals surface area (Å²) in [4.78, 5) is 24.5. The lowest BCUT2D eigenvalue weighted by atomic mass is 10.0. The summed E-state index contributed by atoms with van der Waals surface area (Å²) in [5.41, 5.74) is 9.41. The number of nitrogens with zero attached hydrogens (tertiary/aromatic N) is 1. The van der Waals surface area contributed by atoms with Gasteiger partial charge in [0.05, 0.1) is 5.69 Å². The number of halogens is 1. The van der Waals surface area contributed by atoms with Gasteiger partial charge in [-0.2, -0.15) is 0 Å². The van der Waals surface area contributed by atoms with Crippen molar-refractivity contribution >= 4 is 34.2 Å². The van der Waals surface area contributed by atoms with Gasteiger partial charge in [0.2, 0.25) is 5.91 Å². The van der Waals surface area contributed by atoms with Gasteiger partial charge in [-0.3, -0.25) is 9.59 Å². The highest BCUT2D eigenvalue weighted by Crippen LogP contribution is 2.31. The maximum atomic E-state index is 12.8. The lowest BCUT2D eigenvalue weighted by molar-refractivity contribution is 0.0976. The first-order valence-electron chi connectivity index (χ1n) is 9.19. The molecule has 27 heavy (non-hydrogen) atoms. The molecular weight excluding hydrogens is 360 g/mol. The van der Waals surface area contributed by atoms with Crippen molar-refractivity contribution in [3.05, 3.63) is 69.9 Å². The number of ketones is 1. The Morgan fingerprint density at radius 3 is 2.48 bits per heavy atom. The summed E-state index contributed by atoms with van der Waals surface area (Å²) >= 11 is 6.37. The van der Waals surface area contributed by atoms with Gasteiger partial charge in [0.1, 0.15) is 0 Å². The minimum atomic E-state index is -0.484. The van der Waals surface area contributed by atoms with Gasteiger partial charge >= 0.3 is 0 Å². The molecule has 0 atom stereocenters. The fraction of sp³-hybridized carbons (Fsp3) is 0.273. The molecule has 0 bridgehead atoms. The number of hydrogen-bond acceptors (Lipinski definition) is 2. The van der Waals surface area contributed by atoms with Crippen molar-refractivity contribution in [2.45, 2.75) is 39.7 Å². The second-order valence-corrected chi connectivity index (χ2v) is 7.03. The number of rotatable bonds is 7. The Balaban J connectivity index is 2.32. The van der Waals surface area contributed by atoms with Crippen LogP contribution in [0.4, 0.5) is 0 Å². The van der Waals surface area contributed by atoms with E-state index in [-0.39, 0.29) is 5.78 Å². The van der Waals surface area contributed by atoms with Crippen LogP contribution in [0.2, 0.25) is 5.02 Å². The molecule has 3 aromatic rings. The summed E-state index contributed by atoms with van der Waals surface area (Å²) in [5.74, 6) is -0.398. The summed E-state index contributed by atoms with van der Waals surface area (Å²) in [5, 5.41) is 1.64. The molecule has 1 amide bonds. The molecule has 4 nitrogen and oxygen atoms in total. The number of aromatic nitrogens is 1. The topological polar surface area (TPSA) is 65.1 Å². The van der Waals surface area contributed by atoms with Crippen molar-refractivity contribution in [3.63, 3.8) is 0 Å². The van der Waals surface area contributed by atoms with Gasteiger partial charge in [-0.1, -0.05) is 56.1 Å². The number of carbonyl (C=O) groups is 2. The van der Waals surface area contributed by atoms with Gasteiger partial charge in [-0.25, -0.2) is 0 Å². The molecule has 0 aliphatic rings. The highest BCUT2D eigenvalue weighted by Gasteiger charge is 2.22. The van der Waals surface area contributed by atoms with E-state index in [1.54, 1.807) is 12.1 Å². The molecule has 5 heteroatoms. The highest BCUT2D eigenvalue weighted by molar-refractivity contribution is 6.31. The van der Waals surface area contributed by atoms with E-state index in [4.69, 9.17) is 17.3 Å². The third-order valence-electron chi connectivity index (χ3n) is 4.83. The molecule has 0 radical (unpaired) electrons. The number of hydrogen-bond donors (Lipinski definition) is 1. The summed E-state index contributed by atoms with van der Waals surface area (Å²) in [6.45, 7) is 4.42. The Morgan fingerprint density at radius 1 is 1.11 bits per heavy atom. The van der Waals surface area contributed by atoms with Crippen molar-refractivity contribution in [1.82, 2.24) is 4.57 Å². The van der Waals surface area contributed by atoms with Crippen molar-refractivity contribution in [1.29, 1.82) is 0 Å². The molecule has 0 saturated carbocycles. The van der Waals surface area contributed by atoms with Crippen LogP contribution < -0.4 is 5.73 Å². The Kier molecular flexibility index (Phi) is 5.66. The summed E-state index contributed by atoms with van der Waals surface area (Å²) in [6, 6.07) is 13.0. The average molecular weight is 383 g/mol. The van der Waals surface area contributed by atoms with Crippen molar-refractivity contribution in [2.75, 3.05) is 0 Å². The predicted molar refractivity (Wildman–Crippen MR) is 110 cm³/mol. The number of benzene rings is 2. The van der Waals surface area contributed by atoms with E-state index in [9.17, 15) is 9.59 Å². The second kappa shape index (κ2) is 7.97. The molecular formula is C22H23ClN2O2. The number of amides is 1. The molecule has 0 saturated heterocycles. The first kappa shape index (κ1) is 19.2. The van der Waals surface area contributed by atoms with E-state index in [0.29, 0.717) is 29.2 Å².